The fourth-order valence-corrected chi connectivity index (χ4v) is 2.10. The van der Waals surface area contributed by atoms with E-state index < -0.39 is 0 Å². The van der Waals surface area contributed by atoms with Crippen LogP contribution in [0.3, 0.4) is 0 Å². The van der Waals surface area contributed by atoms with Crippen LogP contribution in [0.25, 0.3) is 0 Å². The van der Waals surface area contributed by atoms with Gasteiger partial charge in [0.2, 0.25) is 5.91 Å². The number of rotatable bonds is 8. The van der Waals surface area contributed by atoms with E-state index >= 15 is 0 Å². The van der Waals surface area contributed by atoms with Crippen LogP contribution < -0.4 is 11.1 Å². The highest BCUT2D eigenvalue weighted by Gasteiger charge is 2.09. The Labute approximate surface area is 97.6 Å². The van der Waals surface area contributed by atoms with Crippen molar-refractivity contribution in [3.63, 3.8) is 0 Å². The highest BCUT2D eigenvalue weighted by molar-refractivity contribution is 7.98. The van der Waals surface area contributed by atoms with Gasteiger partial charge in [0.15, 0.2) is 0 Å². The maximum atomic E-state index is 11.4. The van der Waals surface area contributed by atoms with Crippen LogP contribution in [0.2, 0.25) is 0 Å². The van der Waals surface area contributed by atoms with Crippen molar-refractivity contribution in [3.05, 3.63) is 0 Å². The van der Waals surface area contributed by atoms with Crippen molar-refractivity contribution < 1.29 is 4.79 Å². The van der Waals surface area contributed by atoms with Crippen LogP contribution in [0.4, 0.5) is 0 Å². The molecule has 0 aliphatic heterocycles. The molecule has 0 fully saturated rings. The number of carbonyl (C=O) groups excluding carboxylic acids is 1. The molecule has 0 bridgehead atoms. The number of carbonyl (C=O) groups is 1. The zero-order chi connectivity index (χ0) is 11.7. The molecule has 15 heavy (non-hydrogen) atoms. The summed E-state index contributed by atoms with van der Waals surface area (Å²) >= 11 is 1.81. The molecule has 0 aromatic carbocycles. The Morgan fingerprint density at radius 2 is 2.20 bits per heavy atom. The molecule has 0 heterocycles. The maximum absolute atomic E-state index is 11.4. The van der Waals surface area contributed by atoms with Crippen molar-refractivity contribution in [1.29, 1.82) is 0 Å². The Morgan fingerprint density at radius 1 is 1.53 bits per heavy atom. The maximum Gasteiger partial charge on any atom is 0.221 e. The summed E-state index contributed by atoms with van der Waals surface area (Å²) in [5.41, 5.74) is 5.79. The molecule has 1 amide bonds. The fourth-order valence-electron chi connectivity index (χ4n) is 1.41. The minimum Gasteiger partial charge on any atom is -0.356 e. The largest absolute Gasteiger partial charge is 0.356 e. The van der Waals surface area contributed by atoms with Crippen molar-refractivity contribution >= 4 is 17.7 Å². The van der Waals surface area contributed by atoms with E-state index in [1.807, 2.05) is 11.8 Å². The molecule has 0 saturated heterocycles. The summed E-state index contributed by atoms with van der Waals surface area (Å²) in [7, 11) is 0. The average molecular weight is 232 g/mol. The van der Waals surface area contributed by atoms with Gasteiger partial charge in [-0.05, 0) is 24.3 Å². The second-order valence-corrected chi connectivity index (χ2v) is 5.03. The first-order valence-corrected chi connectivity index (χ1v) is 7.00. The molecule has 0 aliphatic rings. The van der Waals surface area contributed by atoms with Crippen LogP contribution in [0, 0.1) is 5.92 Å². The van der Waals surface area contributed by atoms with E-state index in [0.717, 1.165) is 25.1 Å². The molecule has 4 heteroatoms. The molecule has 0 aromatic rings. The zero-order valence-electron chi connectivity index (χ0n) is 10.1. The quantitative estimate of drug-likeness (QED) is 0.668. The Bertz CT molecular complexity index is 176. The van der Waals surface area contributed by atoms with Crippen molar-refractivity contribution in [2.45, 2.75) is 39.2 Å². The molecule has 0 saturated carbocycles. The van der Waals surface area contributed by atoms with Gasteiger partial charge in [0.25, 0.3) is 0 Å². The van der Waals surface area contributed by atoms with Gasteiger partial charge in [-0.1, -0.05) is 20.3 Å². The normalized spacial score (nSPS) is 14.7. The average Bonchev–Trinajstić information content (AvgIpc) is 2.15. The van der Waals surface area contributed by atoms with Gasteiger partial charge in [-0.3, -0.25) is 4.79 Å². The summed E-state index contributed by atoms with van der Waals surface area (Å²) in [5.74, 6) is 1.71. The van der Waals surface area contributed by atoms with Gasteiger partial charge in [0.05, 0.1) is 0 Å². The molecular formula is C11H24N2OS. The third kappa shape index (κ3) is 8.75. The molecule has 0 aliphatic carbocycles. The van der Waals surface area contributed by atoms with E-state index in [1.165, 1.54) is 0 Å². The number of amides is 1. The van der Waals surface area contributed by atoms with Gasteiger partial charge in [-0.25, -0.2) is 0 Å². The van der Waals surface area contributed by atoms with E-state index in [-0.39, 0.29) is 11.9 Å². The predicted molar refractivity (Wildman–Crippen MR) is 68.1 cm³/mol. The number of hydrogen-bond donors (Lipinski definition) is 2. The third-order valence-electron chi connectivity index (χ3n) is 2.21. The number of hydrogen-bond acceptors (Lipinski definition) is 3. The summed E-state index contributed by atoms with van der Waals surface area (Å²) < 4.78 is 0. The smallest absolute Gasteiger partial charge is 0.221 e. The summed E-state index contributed by atoms with van der Waals surface area (Å²) in [6.45, 7) is 4.99. The van der Waals surface area contributed by atoms with Crippen LogP contribution in [0.15, 0.2) is 0 Å². The van der Waals surface area contributed by atoms with Crippen molar-refractivity contribution in [2.75, 3.05) is 18.6 Å². The lowest BCUT2D eigenvalue weighted by Gasteiger charge is -2.13. The first-order chi connectivity index (χ1) is 7.10. The SMILES string of the molecule is CCCC(N)CC(=O)NCC(C)CSC. The Morgan fingerprint density at radius 3 is 2.73 bits per heavy atom. The van der Waals surface area contributed by atoms with Crippen molar-refractivity contribution in [2.24, 2.45) is 11.7 Å². The van der Waals surface area contributed by atoms with E-state index in [2.05, 4.69) is 25.4 Å². The van der Waals surface area contributed by atoms with Crippen LogP contribution in [-0.4, -0.2) is 30.5 Å². The molecule has 3 N–H and O–H groups in total. The number of nitrogens with one attached hydrogen (secondary N) is 1. The fraction of sp³-hybridized carbons (Fsp3) is 0.909. The van der Waals surface area contributed by atoms with E-state index in [9.17, 15) is 4.79 Å². The lowest BCUT2D eigenvalue weighted by molar-refractivity contribution is -0.121. The van der Waals surface area contributed by atoms with Gasteiger partial charge >= 0.3 is 0 Å². The molecule has 0 radical (unpaired) electrons. The van der Waals surface area contributed by atoms with Gasteiger partial charge in [0, 0.05) is 19.0 Å². The Balaban J connectivity index is 3.56. The summed E-state index contributed by atoms with van der Waals surface area (Å²) in [6, 6.07) is 0.0193. The van der Waals surface area contributed by atoms with E-state index in [4.69, 9.17) is 5.73 Å². The second-order valence-electron chi connectivity index (χ2n) is 4.12. The lowest BCUT2D eigenvalue weighted by atomic mass is 10.1. The van der Waals surface area contributed by atoms with Gasteiger partial charge in [-0.15, -0.1) is 0 Å². The van der Waals surface area contributed by atoms with E-state index in [0.29, 0.717) is 12.3 Å². The van der Waals surface area contributed by atoms with Crippen LogP contribution in [0.1, 0.15) is 33.1 Å². The highest BCUT2D eigenvalue weighted by Crippen LogP contribution is 2.03. The Kier molecular flexibility index (Phi) is 8.91. The number of nitrogens with two attached hydrogens (primary N) is 1. The minimum atomic E-state index is 0.0193. The molecule has 3 nitrogen and oxygen atoms in total. The van der Waals surface area contributed by atoms with Gasteiger partial charge in [-0.2, -0.15) is 11.8 Å². The summed E-state index contributed by atoms with van der Waals surface area (Å²) in [5, 5.41) is 2.92. The zero-order valence-corrected chi connectivity index (χ0v) is 10.9. The second kappa shape index (κ2) is 9.04. The van der Waals surface area contributed by atoms with E-state index in [1.54, 1.807) is 0 Å². The molecule has 0 rings (SSSR count). The van der Waals surface area contributed by atoms with Gasteiger partial charge in [0.1, 0.15) is 0 Å². The van der Waals surface area contributed by atoms with Gasteiger partial charge < -0.3 is 11.1 Å². The minimum absolute atomic E-state index is 0.0193. The van der Waals surface area contributed by atoms with Crippen LogP contribution in [-0.2, 0) is 4.79 Å². The predicted octanol–water partition coefficient (Wildman–Crippen LogP) is 1.62. The molecular weight excluding hydrogens is 208 g/mol. The first kappa shape index (κ1) is 14.8. The highest BCUT2D eigenvalue weighted by atomic mass is 32.2. The first-order valence-electron chi connectivity index (χ1n) is 5.61. The summed E-state index contributed by atoms with van der Waals surface area (Å²) in [4.78, 5) is 11.4. The van der Waals surface area contributed by atoms with Crippen LogP contribution >= 0.6 is 11.8 Å². The van der Waals surface area contributed by atoms with Crippen LogP contribution in [0.5, 0.6) is 0 Å². The number of thioether (sulfide) groups is 1. The lowest BCUT2D eigenvalue weighted by Crippen LogP contribution is -2.34. The molecule has 2 atom stereocenters. The Hall–Kier alpha value is -0.220. The summed E-state index contributed by atoms with van der Waals surface area (Å²) in [6.07, 6.45) is 4.50. The molecule has 0 spiro atoms. The third-order valence-corrected chi connectivity index (χ3v) is 3.11. The molecule has 90 valence electrons. The van der Waals surface area contributed by atoms with Crippen molar-refractivity contribution in [1.82, 2.24) is 5.32 Å². The standard InChI is InChI=1S/C11H24N2OS/c1-4-5-10(12)6-11(14)13-7-9(2)8-15-3/h9-10H,4-8,12H2,1-3H3,(H,13,14). The topological polar surface area (TPSA) is 55.1 Å². The monoisotopic (exact) mass is 232 g/mol. The van der Waals surface area contributed by atoms with Crippen molar-refractivity contribution in [3.8, 4) is 0 Å². The molecule has 2 unspecified atom stereocenters. The molecule has 0 aromatic heterocycles.